The maximum atomic E-state index is 13.0. The minimum atomic E-state index is -3.54. The van der Waals surface area contributed by atoms with Gasteiger partial charge in [0.1, 0.15) is 0 Å². The minimum absolute atomic E-state index is 0.121. The summed E-state index contributed by atoms with van der Waals surface area (Å²) >= 11 is 0. The lowest BCUT2D eigenvalue weighted by Gasteiger charge is -2.28. The van der Waals surface area contributed by atoms with Crippen molar-refractivity contribution >= 4 is 21.5 Å². The Balaban J connectivity index is 1.50. The van der Waals surface area contributed by atoms with Crippen LogP contribution < -0.4 is 0 Å². The maximum absolute atomic E-state index is 13.0. The lowest BCUT2D eigenvalue weighted by molar-refractivity contribution is 0.0772. The van der Waals surface area contributed by atoms with Gasteiger partial charge in [-0.15, -0.1) is 0 Å². The van der Waals surface area contributed by atoms with Crippen LogP contribution in [0.1, 0.15) is 41.6 Å². The molecule has 0 N–H and O–H groups in total. The molecule has 1 amide bonds. The molecule has 4 rings (SSSR count). The van der Waals surface area contributed by atoms with Crippen LogP contribution in [0.4, 0.5) is 0 Å². The van der Waals surface area contributed by atoms with Crippen molar-refractivity contribution in [3.8, 4) is 0 Å². The molecule has 1 fully saturated rings. The van der Waals surface area contributed by atoms with E-state index < -0.39 is 10.0 Å². The fraction of sp³-hybridized carbons (Fsp3) is 0.348. The van der Waals surface area contributed by atoms with E-state index in [9.17, 15) is 13.2 Å². The summed E-state index contributed by atoms with van der Waals surface area (Å²) in [5.41, 5.74) is 2.87. The Morgan fingerprint density at radius 2 is 1.62 bits per heavy atom. The third kappa shape index (κ3) is 4.28. The fourth-order valence-corrected chi connectivity index (χ4v) is 5.56. The van der Waals surface area contributed by atoms with Crippen molar-refractivity contribution in [3.63, 3.8) is 0 Å². The average Bonchev–Trinajstić information content (AvgIpc) is 2.80. The van der Waals surface area contributed by atoms with E-state index >= 15 is 0 Å². The van der Waals surface area contributed by atoms with Crippen LogP contribution in [-0.2, 0) is 10.0 Å². The Labute approximate surface area is 172 Å². The molecule has 0 atom stereocenters. The number of carbonyl (C=O) groups excluding carboxylic acids is 1. The second-order valence-electron chi connectivity index (χ2n) is 7.59. The summed E-state index contributed by atoms with van der Waals surface area (Å²) in [6.45, 7) is 2.27. The van der Waals surface area contributed by atoms with Gasteiger partial charge in [-0.2, -0.15) is 4.31 Å². The highest BCUT2D eigenvalue weighted by Gasteiger charge is 2.27. The highest BCUT2D eigenvalue weighted by molar-refractivity contribution is 7.89. The van der Waals surface area contributed by atoms with Gasteiger partial charge in [0.05, 0.1) is 4.90 Å². The van der Waals surface area contributed by atoms with E-state index in [1.165, 1.54) is 21.5 Å². The van der Waals surface area contributed by atoms with Crippen LogP contribution in [0.15, 0.2) is 65.6 Å². The number of nitrogens with zero attached hydrogens (tertiary/aromatic N) is 2. The van der Waals surface area contributed by atoms with Gasteiger partial charge in [0, 0.05) is 31.7 Å². The number of hydrogen-bond acceptors (Lipinski definition) is 3. The second kappa shape index (κ2) is 8.51. The molecular weight excluding hydrogens is 384 g/mol. The lowest BCUT2D eigenvalue weighted by atomic mass is 9.99. The Morgan fingerprint density at radius 3 is 2.31 bits per heavy atom. The van der Waals surface area contributed by atoms with E-state index in [2.05, 4.69) is 18.2 Å². The molecule has 0 bridgehead atoms. The molecule has 5 nitrogen and oxygen atoms in total. The summed E-state index contributed by atoms with van der Waals surface area (Å²) in [5.74, 6) is -0.121. The van der Waals surface area contributed by atoms with Crippen molar-refractivity contribution in [2.45, 2.75) is 30.6 Å². The van der Waals surface area contributed by atoms with Crippen LogP contribution in [-0.4, -0.2) is 49.7 Å². The molecule has 6 heteroatoms. The van der Waals surface area contributed by atoms with Gasteiger partial charge in [0.15, 0.2) is 0 Å². The second-order valence-corrected chi connectivity index (χ2v) is 9.53. The molecule has 2 aromatic rings. The molecule has 0 aromatic heterocycles. The van der Waals surface area contributed by atoms with Crippen LogP contribution in [0.25, 0.3) is 5.57 Å². The molecule has 0 aliphatic carbocycles. The first-order valence-corrected chi connectivity index (χ1v) is 11.6. The predicted molar refractivity (Wildman–Crippen MR) is 114 cm³/mol. The van der Waals surface area contributed by atoms with E-state index in [-0.39, 0.29) is 10.8 Å². The SMILES string of the molecule is O=C(c1cccc(S(=O)(=O)N2CCCCC2)c1)N1CC=C(c2ccccc2)CC1. The van der Waals surface area contributed by atoms with Crippen molar-refractivity contribution in [2.24, 2.45) is 0 Å². The summed E-state index contributed by atoms with van der Waals surface area (Å²) in [4.78, 5) is 15.0. The van der Waals surface area contributed by atoms with Crippen molar-refractivity contribution in [1.29, 1.82) is 0 Å². The van der Waals surface area contributed by atoms with Gasteiger partial charge in [-0.05, 0) is 48.6 Å². The molecule has 2 aliphatic rings. The summed E-state index contributed by atoms with van der Waals surface area (Å²) in [6, 6.07) is 16.7. The van der Waals surface area contributed by atoms with Gasteiger partial charge in [0.2, 0.25) is 10.0 Å². The Bertz CT molecular complexity index is 1010. The van der Waals surface area contributed by atoms with Crippen molar-refractivity contribution in [3.05, 3.63) is 71.8 Å². The van der Waals surface area contributed by atoms with Crippen molar-refractivity contribution in [2.75, 3.05) is 26.2 Å². The Morgan fingerprint density at radius 1 is 0.862 bits per heavy atom. The number of rotatable bonds is 4. The monoisotopic (exact) mass is 410 g/mol. The Kier molecular flexibility index (Phi) is 5.83. The summed E-state index contributed by atoms with van der Waals surface area (Å²) in [6.07, 6.45) is 5.73. The summed E-state index contributed by atoms with van der Waals surface area (Å²) in [5, 5.41) is 0. The first kappa shape index (κ1) is 19.9. The minimum Gasteiger partial charge on any atom is -0.335 e. The molecule has 152 valence electrons. The predicted octanol–water partition coefficient (Wildman–Crippen LogP) is 3.79. The molecule has 0 saturated carbocycles. The molecule has 1 saturated heterocycles. The van der Waals surface area contributed by atoms with Gasteiger partial charge in [-0.25, -0.2) is 8.42 Å². The number of hydrogen-bond donors (Lipinski definition) is 0. The van der Waals surface area contributed by atoms with Crippen molar-refractivity contribution < 1.29 is 13.2 Å². The zero-order valence-electron chi connectivity index (χ0n) is 16.5. The third-order valence-electron chi connectivity index (χ3n) is 5.67. The molecule has 0 spiro atoms. The van der Waals surface area contributed by atoms with E-state index in [4.69, 9.17) is 0 Å². The normalized spacial score (nSPS) is 18.3. The van der Waals surface area contributed by atoms with Gasteiger partial charge < -0.3 is 4.90 Å². The molecule has 29 heavy (non-hydrogen) atoms. The molecule has 2 aromatic carbocycles. The summed E-state index contributed by atoms with van der Waals surface area (Å²) < 4.78 is 27.4. The van der Waals surface area contributed by atoms with Crippen molar-refractivity contribution in [1.82, 2.24) is 9.21 Å². The molecule has 2 aliphatic heterocycles. The van der Waals surface area contributed by atoms with E-state index in [0.29, 0.717) is 31.7 Å². The highest BCUT2D eigenvalue weighted by Crippen LogP contribution is 2.25. The highest BCUT2D eigenvalue weighted by atomic mass is 32.2. The first-order valence-electron chi connectivity index (χ1n) is 10.2. The van der Waals surface area contributed by atoms with Crippen LogP contribution in [0, 0.1) is 0 Å². The number of benzene rings is 2. The number of carbonyl (C=O) groups is 1. The third-order valence-corrected chi connectivity index (χ3v) is 7.57. The van der Waals surface area contributed by atoms with Crippen LogP contribution in [0.2, 0.25) is 0 Å². The fourth-order valence-electron chi connectivity index (χ4n) is 3.99. The zero-order valence-corrected chi connectivity index (χ0v) is 17.3. The lowest BCUT2D eigenvalue weighted by Crippen LogP contribution is -2.36. The van der Waals surface area contributed by atoms with Gasteiger partial charge in [-0.1, -0.05) is 48.9 Å². The smallest absolute Gasteiger partial charge is 0.254 e. The first-order chi connectivity index (χ1) is 14.1. The quantitative estimate of drug-likeness (QED) is 0.771. The summed E-state index contributed by atoms with van der Waals surface area (Å²) in [7, 11) is -3.54. The standard InChI is InChI=1S/C23H26N2O3S/c26-23(24-16-12-20(13-17-24)19-8-3-1-4-9-19)21-10-7-11-22(18-21)29(27,28)25-14-5-2-6-15-25/h1,3-4,7-12,18H,2,5-6,13-17H2. The molecule has 0 unspecified atom stereocenters. The van der Waals surface area contributed by atoms with E-state index in [1.807, 2.05) is 18.2 Å². The maximum Gasteiger partial charge on any atom is 0.254 e. The van der Waals surface area contributed by atoms with Gasteiger partial charge in [0.25, 0.3) is 5.91 Å². The van der Waals surface area contributed by atoms with Gasteiger partial charge in [-0.3, -0.25) is 4.79 Å². The van der Waals surface area contributed by atoms with Crippen LogP contribution >= 0.6 is 0 Å². The molecular formula is C23H26N2O3S. The Hall–Kier alpha value is -2.44. The largest absolute Gasteiger partial charge is 0.335 e. The van der Waals surface area contributed by atoms with Gasteiger partial charge >= 0.3 is 0 Å². The average molecular weight is 411 g/mol. The molecule has 0 radical (unpaired) electrons. The topological polar surface area (TPSA) is 57.7 Å². The van der Waals surface area contributed by atoms with Crippen LogP contribution in [0.3, 0.4) is 0 Å². The number of amides is 1. The van der Waals surface area contributed by atoms with Crippen LogP contribution in [0.5, 0.6) is 0 Å². The molecule has 2 heterocycles. The van der Waals surface area contributed by atoms with E-state index in [0.717, 1.165) is 25.7 Å². The number of sulfonamides is 1. The zero-order chi connectivity index (χ0) is 20.3. The van der Waals surface area contributed by atoms with E-state index in [1.54, 1.807) is 23.1 Å². The number of piperidine rings is 1.